The van der Waals surface area contributed by atoms with E-state index in [4.69, 9.17) is 9.84 Å². The molecule has 0 radical (unpaired) electrons. The van der Waals surface area contributed by atoms with Crippen LogP contribution >= 0.6 is 0 Å². The summed E-state index contributed by atoms with van der Waals surface area (Å²) in [6, 6.07) is 13.1. The van der Waals surface area contributed by atoms with E-state index < -0.39 is 4.92 Å². The van der Waals surface area contributed by atoms with Gasteiger partial charge in [0, 0.05) is 6.07 Å². The zero-order chi connectivity index (χ0) is 15.0. The first-order chi connectivity index (χ1) is 9.70. The molecule has 2 rings (SSSR count). The number of hydrogen-bond donors (Lipinski definition) is 1. The monoisotopic (exact) mass is 275 g/mol. The van der Waals surface area contributed by atoms with Crippen molar-refractivity contribution in [3.8, 4) is 11.5 Å². The van der Waals surface area contributed by atoms with E-state index in [0.717, 1.165) is 0 Å². The van der Waals surface area contributed by atoms with Crippen molar-refractivity contribution in [1.29, 1.82) is 0 Å². The smallest absolute Gasteiger partial charge is 0.311 e. The highest BCUT2D eigenvalue weighted by Gasteiger charge is 2.16. The van der Waals surface area contributed by atoms with E-state index in [1.54, 1.807) is 24.3 Å². The first kappa shape index (κ1) is 15.7. The molecule has 0 heterocycles. The van der Waals surface area contributed by atoms with E-state index in [1.165, 1.54) is 18.2 Å². The molecule has 0 bridgehead atoms. The quantitative estimate of drug-likeness (QED) is 0.678. The van der Waals surface area contributed by atoms with Crippen molar-refractivity contribution in [1.82, 2.24) is 0 Å². The van der Waals surface area contributed by atoms with Gasteiger partial charge in [0.2, 0.25) is 5.75 Å². The van der Waals surface area contributed by atoms with Gasteiger partial charge in [-0.2, -0.15) is 0 Å². The van der Waals surface area contributed by atoms with Crippen LogP contribution in [0.5, 0.6) is 11.5 Å². The van der Waals surface area contributed by atoms with Crippen molar-refractivity contribution in [3.05, 3.63) is 64.2 Å². The number of nitro groups is 1. The normalized spacial score (nSPS) is 9.35. The largest absolute Gasteiger partial charge is 0.450 e. The van der Waals surface area contributed by atoms with Gasteiger partial charge >= 0.3 is 5.69 Å². The molecule has 0 amide bonds. The predicted molar refractivity (Wildman–Crippen MR) is 76.9 cm³/mol. The number of aliphatic hydroxyl groups is 1. The highest BCUT2D eigenvalue weighted by molar-refractivity contribution is 5.50. The second-order valence-electron chi connectivity index (χ2n) is 3.63. The molecule has 0 spiro atoms. The molecule has 5 nitrogen and oxygen atoms in total. The minimum atomic E-state index is -0.514. The Balaban J connectivity index is 0.000000956. The van der Waals surface area contributed by atoms with Gasteiger partial charge in [-0.25, -0.2) is 0 Å². The average molecular weight is 275 g/mol. The summed E-state index contributed by atoms with van der Waals surface area (Å²) in [5.74, 6) is 0.633. The molecule has 0 saturated carbocycles. The van der Waals surface area contributed by atoms with E-state index in [9.17, 15) is 10.1 Å². The van der Waals surface area contributed by atoms with Crippen LogP contribution in [0.15, 0.2) is 48.5 Å². The minimum absolute atomic E-state index is 0.123. The number of benzene rings is 2. The third kappa shape index (κ3) is 4.07. The van der Waals surface area contributed by atoms with Crippen LogP contribution in [-0.4, -0.2) is 10.0 Å². The Morgan fingerprint density at radius 2 is 1.80 bits per heavy atom. The molecule has 2 aromatic rings. The van der Waals surface area contributed by atoms with Gasteiger partial charge in [-0.05, 0) is 29.8 Å². The van der Waals surface area contributed by atoms with Crippen LogP contribution in [0.25, 0.3) is 0 Å². The van der Waals surface area contributed by atoms with Gasteiger partial charge in [0.25, 0.3) is 0 Å². The molecule has 20 heavy (non-hydrogen) atoms. The summed E-state index contributed by atoms with van der Waals surface area (Å²) in [5, 5.41) is 19.9. The Bertz CT molecular complexity index is 555. The van der Waals surface area contributed by atoms with Crippen molar-refractivity contribution in [2.75, 3.05) is 0 Å². The fourth-order valence-electron chi connectivity index (χ4n) is 1.50. The second-order valence-corrected chi connectivity index (χ2v) is 3.63. The number of hydrogen-bond acceptors (Lipinski definition) is 4. The predicted octanol–water partition coefficient (Wildman–Crippen LogP) is 3.91. The number of ether oxygens (including phenoxy) is 1. The summed E-state index contributed by atoms with van der Waals surface area (Å²) < 4.78 is 5.46. The first-order valence-corrected chi connectivity index (χ1v) is 6.32. The van der Waals surface area contributed by atoms with Gasteiger partial charge < -0.3 is 9.84 Å². The summed E-state index contributed by atoms with van der Waals surface area (Å²) in [6.07, 6.45) is 0. The van der Waals surface area contributed by atoms with Crippen LogP contribution < -0.4 is 4.74 Å². The average Bonchev–Trinajstić information content (AvgIpc) is 2.50. The van der Waals surface area contributed by atoms with Gasteiger partial charge in [-0.3, -0.25) is 10.1 Å². The lowest BCUT2D eigenvalue weighted by Crippen LogP contribution is -1.95. The minimum Gasteiger partial charge on any atom is -0.450 e. The summed E-state index contributed by atoms with van der Waals surface area (Å²) >= 11 is 0. The molecule has 0 aliphatic heterocycles. The zero-order valence-electron chi connectivity index (χ0n) is 11.4. The highest BCUT2D eigenvalue weighted by Crippen LogP contribution is 2.32. The molecule has 0 aromatic heterocycles. The van der Waals surface area contributed by atoms with Gasteiger partial charge in [-0.15, -0.1) is 0 Å². The Kier molecular flexibility index (Phi) is 6.19. The maximum absolute atomic E-state index is 10.9. The van der Waals surface area contributed by atoms with Crippen LogP contribution in [0.1, 0.15) is 19.4 Å². The van der Waals surface area contributed by atoms with Crippen molar-refractivity contribution >= 4 is 5.69 Å². The van der Waals surface area contributed by atoms with Crippen molar-refractivity contribution in [2.45, 2.75) is 20.5 Å². The Morgan fingerprint density at radius 3 is 2.35 bits per heavy atom. The van der Waals surface area contributed by atoms with Crippen LogP contribution in [0.3, 0.4) is 0 Å². The number of nitrogens with zero attached hydrogens (tertiary/aromatic N) is 1. The molecule has 0 fully saturated rings. The molecule has 0 atom stereocenters. The lowest BCUT2D eigenvalue weighted by atomic mass is 10.2. The van der Waals surface area contributed by atoms with Gasteiger partial charge in [0.1, 0.15) is 5.75 Å². The van der Waals surface area contributed by atoms with Gasteiger partial charge in [0.15, 0.2) is 0 Å². The second kappa shape index (κ2) is 7.91. The number of aliphatic hydroxyl groups excluding tert-OH is 1. The third-order valence-corrected chi connectivity index (χ3v) is 2.37. The topological polar surface area (TPSA) is 72.6 Å². The Hall–Kier alpha value is -2.40. The van der Waals surface area contributed by atoms with Crippen LogP contribution in [-0.2, 0) is 6.61 Å². The van der Waals surface area contributed by atoms with E-state index in [-0.39, 0.29) is 18.0 Å². The molecule has 0 aliphatic rings. The molecule has 2 aromatic carbocycles. The lowest BCUT2D eigenvalue weighted by molar-refractivity contribution is -0.385. The van der Waals surface area contributed by atoms with E-state index in [0.29, 0.717) is 11.3 Å². The Morgan fingerprint density at radius 1 is 1.15 bits per heavy atom. The molecule has 0 saturated heterocycles. The molecule has 0 aliphatic carbocycles. The first-order valence-electron chi connectivity index (χ1n) is 6.32. The van der Waals surface area contributed by atoms with Crippen LogP contribution in [0.2, 0.25) is 0 Å². The zero-order valence-corrected chi connectivity index (χ0v) is 11.4. The molecular weight excluding hydrogens is 258 g/mol. The van der Waals surface area contributed by atoms with Crippen LogP contribution in [0, 0.1) is 10.1 Å². The maximum Gasteiger partial charge on any atom is 0.311 e. The highest BCUT2D eigenvalue weighted by atomic mass is 16.6. The molecule has 106 valence electrons. The van der Waals surface area contributed by atoms with Crippen molar-refractivity contribution < 1.29 is 14.8 Å². The lowest BCUT2D eigenvalue weighted by Gasteiger charge is -2.07. The van der Waals surface area contributed by atoms with E-state index in [1.807, 2.05) is 19.9 Å². The fourth-order valence-corrected chi connectivity index (χ4v) is 1.50. The van der Waals surface area contributed by atoms with E-state index >= 15 is 0 Å². The fraction of sp³-hybridized carbons (Fsp3) is 0.200. The summed E-state index contributed by atoms with van der Waals surface area (Å²) in [6.45, 7) is 3.81. The molecular formula is C15H17NO4. The van der Waals surface area contributed by atoms with Gasteiger partial charge in [0.05, 0.1) is 11.5 Å². The SMILES string of the molecule is CC.O=[N+]([O-])c1ccc(CO)cc1Oc1ccccc1. The van der Waals surface area contributed by atoms with Crippen molar-refractivity contribution in [2.24, 2.45) is 0 Å². The molecule has 0 unspecified atom stereocenters. The summed E-state index contributed by atoms with van der Waals surface area (Å²) in [5.41, 5.74) is 0.433. The maximum atomic E-state index is 10.9. The summed E-state index contributed by atoms with van der Waals surface area (Å²) in [4.78, 5) is 10.4. The standard InChI is InChI=1S/C13H11NO4.C2H6/c15-9-10-6-7-12(14(16)17)13(8-10)18-11-4-2-1-3-5-11;1-2/h1-8,15H,9H2;1-2H3. The van der Waals surface area contributed by atoms with Gasteiger partial charge in [-0.1, -0.05) is 32.0 Å². The van der Waals surface area contributed by atoms with Crippen LogP contribution in [0.4, 0.5) is 5.69 Å². The van der Waals surface area contributed by atoms with E-state index in [2.05, 4.69) is 0 Å². The molecule has 5 heteroatoms. The summed E-state index contributed by atoms with van der Waals surface area (Å²) in [7, 11) is 0. The number of nitro benzene ring substituents is 1. The Labute approximate surface area is 117 Å². The number of rotatable bonds is 4. The molecule has 1 N–H and O–H groups in total. The van der Waals surface area contributed by atoms with Crippen molar-refractivity contribution in [3.63, 3.8) is 0 Å². The third-order valence-electron chi connectivity index (χ3n) is 2.37. The number of para-hydroxylation sites is 1.